The van der Waals surface area contributed by atoms with Gasteiger partial charge in [-0.25, -0.2) is 4.79 Å². The van der Waals surface area contributed by atoms with Crippen LogP contribution in [0.1, 0.15) is 36.8 Å². The number of aromatic amines is 1. The molecule has 2 heterocycles. The second kappa shape index (κ2) is 10.2. The van der Waals surface area contributed by atoms with Gasteiger partial charge in [0.15, 0.2) is 0 Å². The van der Waals surface area contributed by atoms with Crippen LogP contribution in [-0.4, -0.2) is 22.5 Å². The lowest BCUT2D eigenvalue weighted by Crippen LogP contribution is -2.60. The highest BCUT2D eigenvalue weighted by atomic mass is 16.3. The fraction of sp³-hybridized carbons (Fsp3) is 0.200. The number of hydrogen-bond acceptors (Lipinski definition) is 3. The number of urea groups is 1. The fourth-order valence-corrected chi connectivity index (χ4v) is 4.61. The summed E-state index contributed by atoms with van der Waals surface area (Å²) < 4.78 is 5.81. The molecule has 0 fully saturated rings. The maximum atomic E-state index is 13.7. The Morgan fingerprint density at radius 2 is 1.70 bits per heavy atom. The number of hydrogen-bond donors (Lipinski definition) is 4. The summed E-state index contributed by atoms with van der Waals surface area (Å²) in [7, 11) is 0. The number of H-pyrrole nitrogens is 1. The minimum absolute atomic E-state index is 0.200. The first-order chi connectivity index (χ1) is 17.9. The molecule has 5 rings (SSSR count). The summed E-state index contributed by atoms with van der Waals surface area (Å²) in [6.07, 6.45) is 2.20. The van der Waals surface area contributed by atoms with Crippen LogP contribution in [0.15, 0.2) is 95.5 Å². The van der Waals surface area contributed by atoms with E-state index >= 15 is 0 Å². The van der Waals surface area contributed by atoms with Gasteiger partial charge in [-0.2, -0.15) is 0 Å². The molecule has 0 radical (unpaired) electrons. The Bertz CT molecular complexity index is 1510. The molecule has 7 nitrogen and oxygen atoms in total. The summed E-state index contributed by atoms with van der Waals surface area (Å²) in [6.45, 7) is 3.88. The Balaban J connectivity index is 1.34. The van der Waals surface area contributed by atoms with Crippen molar-refractivity contribution < 1.29 is 14.0 Å². The van der Waals surface area contributed by atoms with Gasteiger partial charge in [0.05, 0.1) is 12.6 Å². The van der Waals surface area contributed by atoms with Crippen molar-refractivity contribution in [2.75, 3.05) is 0 Å². The standard InChI is InChI=1S/C30H30N4O3/c1-20(21-10-4-3-5-11-21)33-28(35)30(2,17-23-18-31-26-14-8-7-13-25(23)26)34-29(36)32-19-24-16-22-12-6-9-15-27(22)37-24/h3-16,18,20,31H,17,19H2,1-2H3,(H,33,35)(H2,32,34,36)/t20-,30+/m0/s1. The van der Waals surface area contributed by atoms with Gasteiger partial charge in [0.1, 0.15) is 16.9 Å². The first-order valence-electron chi connectivity index (χ1n) is 12.4. The van der Waals surface area contributed by atoms with Crippen molar-refractivity contribution in [3.05, 3.63) is 108 Å². The zero-order valence-corrected chi connectivity index (χ0v) is 20.9. The Labute approximate surface area is 215 Å². The van der Waals surface area contributed by atoms with Crippen LogP contribution in [0.3, 0.4) is 0 Å². The summed E-state index contributed by atoms with van der Waals surface area (Å²) in [5, 5.41) is 10.9. The molecule has 188 valence electrons. The van der Waals surface area contributed by atoms with Gasteiger partial charge in [-0.15, -0.1) is 0 Å². The van der Waals surface area contributed by atoms with Crippen LogP contribution < -0.4 is 16.0 Å². The maximum Gasteiger partial charge on any atom is 0.316 e. The molecular formula is C30H30N4O3. The van der Waals surface area contributed by atoms with Crippen LogP contribution in [0.5, 0.6) is 0 Å². The molecule has 0 aliphatic heterocycles. The number of nitrogens with one attached hydrogen (secondary N) is 4. The van der Waals surface area contributed by atoms with Crippen LogP contribution in [0.4, 0.5) is 4.79 Å². The topological polar surface area (TPSA) is 99.2 Å². The van der Waals surface area contributed by atoms with Crippen molar-refractivity contribution in [2.45, 2.75) is 38.4 Å². The SMILES string of the molecule is C[C@H](NC(=O)[C@@](C)(Cc1c[nH]c2ccccc12)NC(=O)NCc1cc2ccccc2o1)c1ccccc1. The molecule has 4 N–H and O–H groups in total. The molecule has 0 saturated carbocycles. The van der Waals surface area contributed by atoms with Gasteiger partial charge in [-0.3, -0.25) is 4.79 Å². The predicted molar refractivity (Wildman–Crippen MR) is 145 cm³/mol. The molecule has 2 atom stereocenters. The number of fused-ring (bicyclic) bond motifs is 2. The van der Waals surface area contributed by atoms with Gasteiger partial charge >= 0.3 is 6.03 Å². The smallest absolute Gasteiger partial charge is 0.316 e. The Morgan fingerprint density at radius 3 is 2.51 bits per heavy atom. The van der Waals surface area contributed by atoms with Gasteiger partial charge < -0.3 is 25.4 Å². The molecule has 7 heteroatoms. The van der Waals surface area contributed by atoms with E-state index in [4.69, 9.17) is 4.42 Å². The van der Waals surface area contributed by atoms with Gasteiger partial charge in [0.2, 0.25) is 5.91 Å². The normalized spacial score (nSPS) is 13.7. The van der Waals surface area contributed by atoms with Gasteiger partial charge in [0.25, 0.3) is 0 Å². The largest absolute Gasteiger partial charge is 0.459 e. The van der Waals surface area contributed by atoms with Crippen LogP contribution in [0, 0.1) is 0 Å². The minimum atomic E-state index is -1.22. The molecule has 3 amide bonds. The zero-order chi connectivity index (χ0) is 25.8. The highest BCUT2D eigenvalue weighted by molar-refractivity contribution is 5.92. The first kappa shape index (κ1) is 24.2. The summed E-state index contributed by atoms with van der Waals surface area (Å²) >= 11 is 0. The third kappa shape index (κ3) is 5.35. The number of rotatable bonds is 8. The number of para-hydroxylation sites is 2. The zero-order valence-electron chi connectivity index (χ0n) is 20.9. The lowest BCUT2D eigenvalue weighted by atomic mass is 9.91. The molecule has 0 saturated heterocycles. The Kier molecular flexibility index (Phi) is 6.68. The number of benzene rings is 3. The average molecular weight is 495 g/mol. The van der Waals surface area contributed by atoms with E-state index in [9.17, 15) is 9.59 Å². The highest BCUT2D eigenvalue weighted by Gasteiger charge is 2.36. The van der Waals surface area contributed by atoms with Crippen molar-refractivity contribution in [1.82, 2.24) is 20.9 Å². The molecule has 37 heavy (non-hydrogen) atoms. The molecule has 0 aliphatic rings. The monoisotopic (exact) mass is 494 g/mol. The minimum Gasteiger partial charge on any atom is -0.459 e. The van der Waals surface area contributed by atoms with Crippen LogP contribution >= 0.6 is 0 Å². The second-order valence-corrected chi connectivity index (χ2v) is 9.53. The number of aromatic nitrogens is 1. The second-order valence-electron chi connectivity index (χ2n) is 9.53. The maximum absolute atomic E-state index is 13.7. The summed E-state index contributed by atoms with van der Waals surface area (Å²) in [5.74, 6) is 0.366. The fourth-order valence-electron chi connectivity index (χ4n) is 4.61. The van der Waals surface area contributed by atoms with Gasteiger partial charge in [-0.1, -0.05) is 66.7 Å². The number of carbonyl (C=O) groups excluding carboxylic acids is 2. The third-order valence-electron chi connectivity index (χ3n) is 6.66. The molecule has 3 aromatic carbocycles. The van der Waals surface area contributed by atoms with Crippen molar-refractivity contribution in [2.24, 2.45) is 0 Å². The van der Waals surface area contributed by atoms with Crippen LogP contribution in [0.25, 0.3) is 21.9 Å². The van der Waals surface area contributed by atoms with E-state index < -0.39 is 11.6 Å². The van der Waals surface area contributed by atoms with Gasteiger partial charge in [-0.05, 0) is 43.2 Å². The predicted octanol–water partition coefficient (Wildman–Crippen LogP) is 5.59. The molecule has 2 aromatic heterocycles. The van der Waals surface area contributed by atoms with E-state index in [-0.39, 0.29) is 18.5 Å². The van der Waals surface area contributed by atoms with E-state index in [1.807, 2.05) is 98.0 Å². The van der Waals surface area contributed by atoms with Crippen molar-refractivity contribution in [1.29, 1.82) is 0 Å². The van der Waals surface area contributed by atoms with E-state index in [2.05, 4.69) is 20.9 Å². The van der Waals surface area contributed by atoms with E-state index in [0.717, 1.165) is 33.0 Å². The summed E-state index contributed by atoms with van der Waals surface area (Å²) in [6, 6.07) is 26.6. The third-order valence-corrected chi connectivity index (χ3v) is 6.66. The van der Waals surface area contributed by atoms with Gasteiger partial charge in [0, 0.05) is 28.9 Å². The number of amides is 3. The van der Waals surface area contributed by atoms with Crippen molar-refractivity contribution >= 4 is 33.8 Å². The van der Waals surface area contributed by atoms with E-state index in [1.54, 1.807) is 6.92 Å². The van der Waals surface area contributed by atoms with Crippen LogP contribution in [-0.2, 0) is 17.8 Å². The summed E-state index contributed by atoms with van der Waals surface area (Å²) in [4.78, 5) is 30.0. The molecule has 0 unspecified atom stereocenters. The molecule has 0 aliphatic carbocycles. The molecule has 5 aromatic rings. The van der Waals surface area contributed by atoms with E-state index in [0.29, 0.717) is 12.2 Å². The Morgan fingerprint density at radius 1 is 0.973 bits per heavy atom. The molecule has 0 bridgehead atoms. The van der Waals surface area contributed by atoms with Crippen molar-refractivity contribution in [3.8, 4) is 0 Å². The Hall–Kier alpha value is -4.52. The van der Waals surface area contributed by atoms with E-state index in [1.165, 1.54) is 0 Å². The lowest BCUT2D eigenvalue weighted by molar-refractivity contribution is -0.127. The quantitative estimate of drug-likeness (QED) is 0.226. The van der Waals surface area contributed by atoms with Crippen LogP contribution in [0.2, 0.25) is 0 Å². The molecular weight excluding hydrogens is 464 g/mol. The summed E-state index contributed by atoms with van der Waals surface area (Å²) in [5.41, 5.74) is 2.45. The van der Waals surface area contributed by atoms with Crippen molar-refractivity contribution in [3.63, 3.8) is 0 Å². The first-order valence-corrected chi connectivity index (χ1v) is 12.4. The molecule has 0 spiro atoms. The number of furan rings is 1. The lowest BCUT2D eigenvalue weighted by Gasteiger charge is -2.31. The average Bonchev–Trinajstić information content (AvgIpc) is 3.51. The highest BCUT2D eigenvalue weighted by Crippen LogP contribution is 2.24. The number of carbonyl (C=O) groups is 2.